The molecule has 4 heterocycles. The molecule has 2 aromatic heterocycles. The van der Waals surface area contributed by atoms with Crippen LogP contribution in [0.1, 0.15) is 58.8 Å². The van der Waals surface area contributed by atoms with E-state index in [1.54, 1.807) is 12.1 Å². The Labute approximate surface area is 210 Å². The summed E-state index contributed by atoms with van der Waals surface area (Å²) in [5.74, 6) is -0.273. The first-order chi connectivity index (χ1) is 17.8. The lowest BCUT2D eigenvalue weighted by Gasteiger charge is -2.37. The van der Waals surface area contributed by atoms with Gasteiger partial charge in [0.1, 0.15) is 17.7 Å². The van der Waals surface area contributed by atoms with Crippen molar-refractivity contribution >= 4 is 5.91 Å². The predicted molar refractivity (Wildman–Crippen MR) is 124 cm³/mol. The van der Waals surface area contributed by atoms with Crippen LogP contribution in [-0.2, 0) is 30.5 Å². The summed E-state index contributed by atoms with van der Waals surface area (Å²) < 4.78 is 63.0. The number of pyridine rings is 1. The zero-order valence-electron chi connectivity index (χ0n) is 19.9. The number of amides is 1. The van der Waals surface area contributed by atoms with Crippen molar-refractivity contribution in [2.45, 2.75) is 50.5 Å². The van der Waals surface area contributed by atoms with E-state index < -0.39 is 42.0 Å². The number of aromatic nitrogens is 3. The number of ether oxygens (including phenoxy) is 1. The van der Waals surface area contributed by atoms with Crippen LogP contribution in [0.2, 0.25) is 0 Å². The Morgan fingerprint density at radius 2 is 2.03 bits per heavy atom. The summed E-state index contributed by atoms with van der Waals surface area (Å²) in [7, 11) is 0. The summed E-state index contributed by atoms with van der Waals surface area (Å²) >= 11 is 0. The lowest BCUT2D eigenvalue weighted by atomic mass is 9.93. The summed E-state index contributed by atoms with van der Waals surface area (Å²) in [5, 5.41) is 3.28. The fourth-order valence-corrected chi connectivity index (χ4v) is 5.30. The monoisotopic (exact) mass is 515 g/mol. The third kappa shape index (κ3) is 4.45. The number of alkyl halides is 3. The highest BCUT2D eigenvalue weighted by Crippen LogP contribution is 2.43. The molecule has 37 heavy (non-hydrogen) atoms. The van der Waals surface area contributed by atoms with Gasteiger partial charge in [0.05, 0.1) is 17.9 Å². The molecule has 1 saturated carbocycles. The molecule has 3 aliphatic rings. The van der Waals surface area contributed by atoms with Crippen LogP contribution in [-0.4, -0.2) is 45.0 Å². The van der Waals surface area contributed by atoms with Crippen molar-refractivity contribution < 1.29 is 27.1 Å². The first kappa shape index (κ1) is 23.9. The zero-order chi connectivity index (χ0) is 25.7. The van der Waals surface area contributed by atoms with Crippen molar-refractivity contribution in [2.75, 3.05) is 19.7 Å². The predicted octanol–water partition coefficient (Wildman–Crippen LogP) is 3.97. The fourth-order valence-electron chi connectivity index (χ4n) is 5.30. The zero-order valence-corrected chi connectivity index (χ0v) is 19.9. The van der Waals surface area contributed by atoms with Gasteiger partial charge < -0.3 is 19.5 Å². The van der Waals surface area contributed by atoms with E-state index in [0.29, 0.717) is 37.5 Å². The molecular formula is C26H25F4N5O2. The molecule has 0 bridgehead atoms. The lowest BCUT2D eigenvalue weighted by Crippen LogP contribution is -2.44. The summed E-state index contributed by atoms with van der Waals surface area (Å²) in [6.45, 7) is 1.52. The smallest absolute Gasteiger partial charge is 0.437 e. The Morgan fingerprint density at radius 3 is 2.78 bits per heavy atom. The second-order valence-electron chi connectivity index (χ2n) is 9.62. The van der Waals surface area contributed by atoms with Crippen molar-refractivity contribution in [1.82, 2.24) is 24.8 Å². The van der Waals surface area contributed by atoms with Gasteiger partial charge in [-0.2, -0.15) is 13.2 Å². The summed E-state index contributed by atoms with van der Waals surface area (Å²) in [6.07, 6.45) is -1.18. The van der Waals surface area contributed by atoms with Crippen LogP contribution in [0.15, 0.2) is 36.5 Å². The summed E-state index contributed by atoms with van der Waals surface area (Å²) in [5.41, 5.74) is 1.66. The molecule has 6 rings (SSSR count). The van der Waals surface area contributed by atoms with Gasteiger partial charge in [-0.15, -0.1) is 0 Å². The van der Waals surface area contributed by atoms with E-state index >= 15 is 4.39 Å². The number of nitrogens with one attached hydrogen (secondary N) is 1. The molecule has 0 saturated heterocycles. The minimum atomic E-state index is -4.72. The molecule has 194 valence electrons. The fraction of sp³-hybridized carbons (Fsp3) is 0.423. The Bertz CT molecular complexity index is 1350. The Hall–Kier alpha value is -3.47. The molecule has 3 aromatic rings. The number of fused-ring (bicyclic) bond motifs is 3. The van der Waals surface area contributed by atoms with Gasteiger partial charge >= 0.3 is 6.18 Å². The molecule has 1 aliphatic carbocycles. The first-order valence-corrected chi connectivity index (χ1v) is 12.3. The van der Waals surface area contributed by atoms with Gasteiger partial charge in [0.2, 0.25) is 0 Å². The van der Waals surface area contributed by atoms with Gasteiger partial charge in [0, 0.05) is 37.8 Å². The standard InChI is InChI=1S/C26H25F4N5O2/c27-18-12-16(15-3-4-15)5-6-17(18)23-24-19(33-21-13-31-9-11-34(21)24)7-10-35(23)22(36)14-37-20-2-1-8-32-25(20)26(28,29)30/h1-2,5-6,8,12,15,23,31H,3-4,7,9-11,13-14H2. The third-order valence-corrected chi connectivity index (χ3v) is 7.20. The van der Waals surface area contributed by atoms with E-state index in [0.717, 1.165) is 47.9 Å². The van der Waals surface area contributed by atoms with E-state index in [1.165, 1.54) is 11.0 Å². The average Bonchev–Trinajstić information content (AvgIpc) is 3.67. The lowest BCUT2D eigenvalue weighted by molar-refractivity contribution is -0.144. The molecule has 2 aliphatic heterocycles. The minimum Gasteiger partial charge on any atom is -0.481 e. The van der Waals surface area contributed by atoms with Gasteiger partial charge in [0.15, 0.2) is 18.1 Å². The SMILES string of the molecule is O=C(COc1cccnc1C(F)(F)F)N1CCc2nc3n(c2C1c1ccc(C2CC2)cc1F)CCNC3. The van der Waals surface area contributed by atoms with Crippen molar-refractivity contribution in [3.63, 3.8) is 0 Å². The number of imidazole rings is 1. The molecule has 7 nitrogen and oxygen atoms in total. The number of hydrogen-bond acceptors (Lipinski definition) is 5. The first-order valence-electron chi connectivity index (χ1n) is 12.3. The molecule has 1 fully saturated rings. The number of benzene rings is 1. The topological polar surface area (TPSA) is 72.3 Å². The number of nitrogens with zero attached hydrogens (tertiary/aromatic N) is 4. The van der Waals surface area contributed by atoms with Crippen LogP contribution in [0.5, 0.6) is 5.75 Å². The van der Waals surface area contributed by atoms with Crippen LogP contribution >= 0.6 is 0 Å². The van der Waals surface area contributed by atoms with E-state index in [-0.39, 0.29) is 6.54 Å². The minimum absolute atomic E-state index is 0.243. The van der Waals surface area contributed by atoms with Crippen LogP contribution < -0.4 is 10.1 Å². The molecule has 1 atom stereocenters. The molecule has 0 spiro atoms. The Balaban J connectivity index is 1.35. The second-order valence-corrected chi connectivity index (χ2v) is 9.62. The molecule has 1 aromatic carbocycles. The van der Waals surface area contributed by atoms with Crippen LogP contribution in [0, 0.1) is 5.82 Å². The number of carbonyl (C=O) groups excluding carboxylic acids is 1. The maximum absolute atomic E-state index is 15.6. The molecule has 0 radical (unpaired) electrons. The highest BCUT2D eigenvalue weighted by atomic mass is 19.4. The normalized spacial score (nSPS) is 19.4. The van der Waals surface area contributed by atoms with Gasteiger partial charge in [-0.1, -0.05) is 12.1 Å². The van der Waals surface area contributed by atoms with Crippen LogP contribution in [0.25, 0.3) is 0 Å². The van der Waals surface area contributed by atoms with E-state index in [9.17, 15) is 18.0 Å². The number of rotatable bonds is 5. The highest BCUT2D eigenvalue weighted by Gasteiger charge is 2.40. The Morgan fingerprint density at radius 1 is 1.19 bits per heavy atom. The highest BCUT2D eigenvalue weighted by molar-refractivity contribution is 5.79. The van der Waals surface area contributed by atoms with Crippen molar-refractivity contribution in [3.8, 4) is 5.75 Å². The van der Waals surface area contributed by atoms with Crippen molar-refractivity contribution in [2.24, 2.45) is 0 Å². The molecule has 11 heteroatoms. The third-order valence-electron chi connectivity index (χ3n) is 7.20. The number of carbonyl (C=O) groups is 1. The maximum Gasteiger partial charge on any atom is 0.437 e. The molecule has 1 unspecified atom stereocenters. The summed E-state index contributed by atoms with van der Waals surface area (Å²) in [4.78, 5) is 23.1. The molecular weight excluding hydrogens is 490 g/mol. The molecule has 1 amide bonds. The van der Waals surface area contributed by atoms with Crippen LogP contribution in [0.4, 0.5) is 17.6 Å². The largest absolute Gasteiger partial charge is 0.481 e. The van der Waals surface area contributed by atoms with Crippen LogP contribution in [0.3, 0.4) is 0 Å². The van der Waals surface area contributed by atoms with E-state index in [4.69, 9.17) is 9.72 Å². The van der Waals surface area contributed by atoms with Gasteiger partial charge in [-0.05, 0) is 42.5 Å². The van der Waals surface area contributed by atoms with Crippen molar-refractivity contribution in [3.05, 3.63) is 76.4 Å². The molecule has 1 N–H and O–H groups in total. The quantitative estimate of drug-likeness (QED) is 0.521. The Kier molecular flexibility index (Phi) is 5.89. The average molecular weight is 516 g/mol. The van der Waals surface area contributed by atoms with Gasteiger partial charge in [-0.3, -0.25) is 4.79 Å². The van der Waals surface area contributed by atoms with E-state index in [2.05, 4.69) is 10.3 Å². The van der Waals surface area contributed by atoms with Gasteiger partial charge in [0.25, 0.3) is 5.91 Å². The van der Waals surface area contributed by atoms with Crippen molar-refractivity contribution in [1.29, 1.82) is 0 Å². The maximum atomic E-state index is 15.6. The van der Waals surface area contributed by atoms with E-state index in [1.807, 2.05) is 10.6 Å². The number of halogens is 4. The second kappa shape index (κ2) is 9.13. The van der Waals surface area contributed by atoms with Gasteiger partial charge in [-0.25, -0.2) is 14.4 Å². The summed E-state index contributed by atoms with van der Waals surface area (Å²) in [6, 6.07) is 6.86. The number of hydrogen-bond donors (Lipinski definition) is 1.